The lowest BCUT2D eigenvalue weighted by Crippen LogP contribution is -2.11. The third-order valence-corrected chi connectivity index (χ3v) is 3.56. The lowest BCUT2D eigenvalue weighted by molar-refractivity contribution is 0.102. The fourth-order valence-electron chi connectivity index (χ4n) is 1.99. The van der Waals surface area contributed by atoms with E-state index in [0.717, 1.165) is 5.69 Å². The second-order valence-electron chi connectivity index (χ2n) is 5.07. The fourth-order valence-corrected chi connectivity index (χ4v) is 2.18. The summed E-state index contributed by atoms with van der Waals surface area (Å²) in [4.78, 5) is 12.2. The molecule has 0 saturated heterocycles. The highest BCUT2D eigenvalue weighted by molar-refractivity contribution is 6.33. The van der Waals surface area contributed by atoms with Gasteiger partial charge in [-0.05, 0) is 49.4 Å². The molecule has 1 amide bonds. The Morgan fingerprint density at radius 2 is 1.75 bits per heavy atom. The number of aromatic nitrogens is 2. The highest BCUT2D eigenvalue weighted by Gasteiger charge is 2.08. The Labute approximate surface area is 144 Å². The van der Waals surface area contributed by atoms with E-state index in [1.165, 1.54) is 0 Å². The molecule has 6 heteroatoms. The smallest absolute Gasteiger partial charge is 0.255 e. The largest absolute Gasteiger partial charge is 0.438 e. The van der Waals surface area contributed by atoms with Crippen LogP contribution in [0.25, 0.3) is 0 Å². The lowest BCUT2D eigenvalue weighted by Gasteiger charge is -2.08. The van der Waals surface area contributed by atoms with Gasteiger partial charge in [-0.2, -0.15) is 5.10 Å². The molecule has 0 unspecified atom stereocenters. The third kappa shape index (κ3) is 3.88. The number of benzene rings is 2. The Balaban J connectivity index is 1.68. The topological polar surface area (TPSA) is 64.1 Å². The molecule has 0 fully saturated rings. The molecular weight excluding hydrogens is 326 g/mol. The van der Waals surface area contributed by atoms with Crippen molar-refractivity contribution >= 4 is 23.2 Å². The van der Waals surface area contributed by atoms with Gasteiger partial charge in [-0.25, -0.2) is 0 Å². The van der Waals surface area contributed by atoms with Crippen LogP contribution >= 0.6 is 11.6 Å². The van der Waals surface area contributed by atoms with Gasteiger partial charge in [0.25, 0.3) is 5.91 Å². The second-order valence-corrected chi connectivity index (χ2v) is 5.48. The minimum Gasteiger partial charge on any atom is -0.438 e. The Kier molecular flexibility index (Phi) is 4.72. The van der Waals surface area contributed by atoms with Gasteiger partial charge < -0.3 is 10.1 Å². The molecule has 1 heterocycles. The predicted octanol–water partition coefficient (Wildman–Crippen LogP) is 4.48. The van der Waals surface area contributed by atoms with Gasteiger partial charge in [-0.3, -0.25) is 4.79 Å². The molecule has 3 aromatic rings. The molecule has 0 aliphatic heterocycles. The number of carbonyl (C=O) groups is 1. The Bertz CT molecular complexity index is 849. The molecular formula is C18H14ClN3O2. The van der Waals surface area contributed by atoms with Crippen molar-refractivity contribution < 1.29 is 9.53 Å². The van der Waals surface area contributed by atoms with Gasteiger partial charge in [0, 0.05) is 11.6 Å². The minimum absolute atomic E-state index is 0.246. The van der Waals surface area contributed by atoms with Gasteiger partial charge in [0.1, 0.15) is 5.75 Å². The van der Waals surface area contributed by atoms with Crippen molar-refractivity contribution in [2.45, 2.75) is 6.92 Å². The number of carbonyl (C=O) groups excluding carboxylic acids is 1. The second kappa shape index (κ2) is 7.10. The van der Waals surface area contributed by atoms with Crippen LogP contribution in [0.1, 0.15) is 16.1 Å². The zero-order valence-corrected chi connectivity index (χ0v) is 13.6. The van der Waals surface area contributed by atoms with E-state index in [-0.39, 0.29) is 5.91 Å². The van der Waals surface area contributed by atoms with Crippen molar-refractivity contribution in [1.82, 2.24) is 10.2 Å². The maximum atomic E-state index is 12.2. The first kappa shape index (κ1) is 16.0. The van der Waals surface area contributed by atoms with E-state index in [2.05, 4.69) is 15.5 Å². The SMILES string of the molecule is Cc1ccc(Oc2ccc(C(=O)Nc3ccccc3Cl)cc2)nn1. The highest BCUT2D eigenvalue weighted by Crippen LogP contribution is 2.22. The first-order valence-corrected chi connectivity index (χ1v) is 7.64. The normalized spacial score (nSPS) is 10.2. The van der Waals surface area contributed by atoms with Crippen LogP contribution in [0.5, 0.6) is 11.6 Å². The number of rotatable bonds is 4. The van der Waals surface area contributed by atoms with Gasteiger partial charge >= 0.3 is 0 Å². The average molecular weight is 340 g/mol. The number of nitrogens with zero attached hydrogens (tertiary/aromatic N) is 2. The van der Waals surface area contributed by atoms with Gasteiger partial charge in [0.2, 0.25) is 5.88 Å². The Hall–Kier alpha value is -2.92. The van der Waals surface area contributed by atoms with Crippen LogP contribution in [0.3, 0.4) is 0 Å². The molecule has 1 N–H and O–H groups in total. The maximum absolute atomic E-state index is 12.2. The molecule has 24 heavy (non-hydrogen) atoms. The van der Waals surface area contributed by atoms with E-state index in [4.69, 9.17) is 16.3 Å². The zero-order valence-electron chi connectivity index (χ0n) is 12.9. The van der Waals surface area contributed by atoms with Crippen molar-refractivity contribution in [2.75, 3.05) is 5.32 Å². The summed E-state index contributed by atoms with van der Waals surface area (Å²) in [5, 5.41) is 11.1. The van der Waals surface area contributed by atoms with E-state index < -0.39 is 0 Å². The van der Waals surface area contributed by atoms with Crippen LogP contribution in [-0.4, -0.2) is 16.1 Å². The monoisotopic (exact) mass is 339 g/mol. The number of aryl methyl sites for hydroxylation is 1. The summed E-state index contributed by atoms with van der Waals surface area (Å²) in [5.41, 5.74) is 1.88. The first-order chi connectivity index (χ1) is 11.6. The zero-order chi connectivity index (χ0) is 16.9. The van der Waals surface area contributed by atoms with Crippen LogP contribution in [0.15, 0.2) is 60.7 Å². The van der Waals surface area contributed by atoms with Crippen LogP contribution in [0.4, 0.5) is 5.69 Å². The minimum atomic E-state index is -0.246. The standard InChI is InChI=1S/C18H14ClN3O2/c1-12-6-11-17(22-21-12)24-14-9-7-13(8-10-14)18(23)20-16-5-3-2-4-15(16)19/h2-11H,1H3,(H,20,23). The molecule has 2 aromatic carbocycles. The van der Waals surface area contributed by atoms with Crippen LogP contribution in [-0.2, 0) is 0 Å². The number of para-hydroxylation sites is 1. The number of hydrogen-bond donors (Lipinski definition) is 1. The van der Waals surface area contributed by atoms with E-state index >= 15 is 0 Å². The average Bonchev–Trinajstić information content (AvgIpc) is 2.59. The number of amides is 1. The molecule has 120 valence electrons. The van der Waals surface area contributed by atoms with Gasteiger partial charge in [-0.1, -0.05) is 23.7 Å². The molecule has 0 radical (unpaired) electrons. The first-order valence-electron chi connectivity index (χ1n) is 7.26. The maximum Gasteiger partial charge on any atom is 0.255 e. The van der Waals surface area contributed by atoms with Gasteiger partial charge in [-0.15, -0.1) is 5.10 Å². The molecule has 3 rings (SSSR count). The van der Waals surface area contributed by atoms with E-state index in [0.29, 0.717) is 27.9 Å². The summed E-state index contributed by atoms with van der Waals surface area (Å²) in [6.45, 7) is 1.85. The quantitative estimate of drug-likeness (QED) is 0.761. The van der Waals surface area contributed by atoms with Crippen LogP contribution in [0, 0.1) is 6.92 Å². The van der Waals surface area contributed by atoms with E-state index in [1.54, 1.807) is 54.6 Å². The van der Waals surface area contributed by atoms with Gasteiger partial charge in [0.15, 0.2) is 0 Å². The van der Waals surface area contributed by atoms with Crippen molar-refractivity contribution in [3.63, 3.8) is 0 Å². The molecule has 0 aliphatic carbocycles. The number of anilines is 1. The van der Waals surface area contributed by atoms with Crippen molar-refractivity contribution in [3.8, 4) is 11.6 Å². The molecule has 0 saturated carbocycles. The molecule has 0 aliphatic rings. The number of halogens is 1. The Morgan fingerprint density at radius 1 is 1.00 bits per heavy atom. The summed E-state index contributed by atoms with van der Waals surface area (Å²) in [6, 6.07) is 17.4. The Morgan fingerprint density at radius 3 is 2.42 bits per heavy atom. The lowest BCUT2D eigenvalue weighted by atomic mass is 10.2. The fraction of sp³-hybridized carbons (Fsp3) is 0.0556. The molecule has 0 spiro atoms. The molecule has 0 bridgehead atoms. The highest BCUT2D eigenvalue weighted by atomic mass is 35.5. The third-order valence-electron chi connectivity index (χ3n) is 3.23. The predicted molar refractivity (Wildman–Crippen MR) is 92.7 cm³/mol. The number of nitrogens with one attached hydrogen (secondary N) is 1. The summed E-state index contributed by atoms with van der Waals surface area (Å²) in [5.74, 6) is 0.723. The van der Waals surface area contributed by atoms with E-state index in [1.807, 2.05) is 13.0 Å². The van der Waals surface area contributed by atoms with Crippen molar-refractivity contribution in [2.24, 2.45) is 0 Å². The molecule has 5 nitrogen and oxygen atoms in total. The summed E-state index contributed by atoms with van der Waals surface area (Å²) in [7, 11) is 0. The van der Waals surface area contributed by atoms with E-state index in [9.17, 15) is 4.79 Å². The number of ether oxygens (including phenoxy) is 1. The summed E-state index contributed by atoms with van der Waals surface area (Å²) in [6.07, 6.45) is 0. The summed E-state index contributed by atoms with van der Waals surface area (Å²) >= 11 is 6.03. The van der Waals surface area contributed by atoms with Crippen LogP contribution < -0.4 is 10.1 Å². The van der Waals surface area contributed by atoms with Crippen molar-refractivity contribution in [3.05, 3.63) is 76.9 Å². The van der Waals surface area contributed by atoms with Gasteiger partial charge in [0.05, 0.1) is 16.4 Å². The molecule has 1 aromatic heterocycles. The van der Waals surface area contributed by atoms with Crippen LogP contribution in [0.2, 0.25) is 5.02 Å². The molecule has 0 atom stereocenters. The number of hydrogen-bond acceptors (Lipinski definition) is 4. The van der Waals surface area contributed by atoms with Crippen molar-refractivity contribution in [1.29, 1.82) is 0 Å². The summed E-state index contributed by atoms with van der Waals surface area (Å²) < 4.78 is 5.58.